The number of benzene rings is 2. The number of rotatable bonds is 5. The van der Waals surface area contributed by atoms with Crippen LogP contribution in [-0.2, 0) is 10.0 Å². The molecule has 0 saturated carbocycles. The average Bonchev–Trinajstić information content (AvgIpc) is 3.13. The quantitative estimate of drug-likeness (QED) is 0.386. The molecular formula is C22H17NO3S. The molecule has 0 atom stereocenters. The Balaban J connectivity index is 2.14. The summed E-state index contributed by atoms with van der Waals surface area (Å²) in [5.74, 6) is 5.53. The molecule has 0 aliphatic rings. The van der Waals surface area contributed by atoms with E-state index in [4.69, 9.17) is 0 Å². The molecule has 1 aromatic heterocycles. The van der Waals surface area contributed by atoms with Crippen molar-refractivity contribution >= 4 is 15.8 Å². The van der Waals surface area contributed by atoms with Crippen molar-refractivity contribution in [2.24, 2.45) is 0 Å². The van der Waals surface area contributed by atoms with Gasteiger partial charge in [-0.2, -0.15) is 0 Å². The normalized spacial score (nSPS) is 10.7. The average molecular weight is 375 g/mol. The Morgan fingerprint density at radius 3 is 2.22 bits per heavy atom. The van der Waals surface area contributed by atoms with Gasteiger partial charge in [-0.3, -0.25) is 4.79 Å². The molecule has 0 fully saturated rings. The predicted molar refractivity (Wildman–Crippen MR) is 105 cm³/mol. The van der Waals surface area contributed by atoms with Crippen LogP contribution in [0.3, 0.4) is 0 Å². The van der Waals surface area contributed by atoms with E-state index in [2.05, 4.69) is 18.4 Å². The molecule has 3 aromatic rings. The number of nitrogens with zero attached hydrogens (tertiary/aromatic N) is 1. The minimum atomic E-state index is -3.90. The number of aromatic nitrogens is 1. The minimum Gasteiger partial charge on any atom is -0.292 e. The highest BCUT2D eigenvalue weighted by Gasteiger charge is 2.24. The van der Waals surface area contributed by atoms with Crippen LogP contribution >= 0.6 is 0 Å². The number of Topliss-reactive ketones (excluding diaryl/α,β-unsaturated/α-hetero) is 1. The third-order valence-electron chi connectivity index (χ3n) is 3.86. The van der Waals surface area contributed by atoms with Gasteiger partial charge in [0.1, 0.15) is 5.69 Å². The Kier molecular flexibility index (Phi) is 5.39. The molecule has 27 heavy (non-hydrogen) atoms. The van der Waals surface area contributed by atoms with Gasteiger partial charge in [-0.1, -0.05) is 54.3 Å². The van der Waals surface area contributed by atoms with Gasteiger partial charge in [0.2, 0.25) is 0 Å². The molecule has 0 amide bonds. The van der Waals surface area contributed by atoms with Crippen LogP contribution in [0.15, 0.2) is 90.5 Å². The van der Waals surface area contributed by atoms with E-state index in [0.717, 1.165) is 9.54 Å². The second-order valence-electron chi connectivity index (χ2n) is 5.72. The molecule has 0 radical (unpaired) electrons. The van der Waals surface area contributed by atoms with Crippen LogP contribution in [0.4, 0.5) is 0 Å². The molecule has 3 rings (SSSR count). The van der Waals surface area contributed by atoms with Gasteiger partial charge in [-0.25, -0.2) is 12.4 Å². The van der Waals surface area contributed by atoms with E-state index in [1.807, 2.05) is 30.3 Å². The number of hydrogen-bond donors (Lipinski definition) is 0. The zero-order valence-corrected chi connectivity index (χ0v) is 15.3. The molecule has 1 heterocycles. The first-order chi connectivity index (χ1) is 13.0. The minimum absolute atomic E-state index is 0.0222. The Morgan fingerprint density at radius 2 is 1.59 bits per heavy atom. The summed E-state index contributed by atoms with van der Waals surface area (Å²) in [7, 11) is -3.90. The second kappa shape index (κ2) is 7.90. The van der Waals surface area contributed by atoms with Gasteiger partial charge in [0.25, 0.3) is 10.0 Å². The molecule has 0 bridgehead atoms. The number of carbonyl (C=O) groups is 1. The highest BCUT2D eigenvalue weighted by atomic mass is 32.2. The zero-order valence-electron chi connectivity index (χ0n) is 14.5. The molecule has 0 spiro atoms. The van der Waals surface area contributed by atoms with Crippen molar-refractivity contribution in [2.45, 2.75) is 11.3 Å². The highest BCUT2D eigenvalue weighted by molar-refractivity contribution is 7.90. The lowest BCUT2D eigenvalue weighted by molar-refractivity contribution is 0.0990. The van der Waals surface area contributed by atoms with Crippen molar-refractivity contribution in [2.75, 3.05) is 0 Å². The van der Waals surface area contributed by atoms with E-state index in [1.165, 1.54) is 24.4 Å². The molecule has 134 valence electrons. The fraction of sp³-hybridized carbons (Fsp3) is 0.0455. The van der Waals surface area contributed by atoms with Gasteiger partial charge >= 0.3 is 0 Å². The Labute approximate surface area is 158 Å². The molecule has 4 nitrogen and oxygen atoms in total. The topological polar surface area (TPSA) is 56.1 Å². The van der Waals surface area contributed by atoms with Gasteiger partial charge in [-0.05, 0) is 30.3 Å². The summed E-state index contributed by atoms with van der Waals surface area (Å²) in [5, 5.41) is 0. The van der Waals surface area contributed by atoms with E-state index in [0.29, 0.717) is 5.56 Å². The van der Waals surface area contributed by atoms with E-state index >= 15 is 0 Å². The number of ketones is 1. The van der Waals surface area contributed by atoms with Crippen molar-refractivity contribution in [3.63, 3.8) is 0 Å². The summed E-state index contributed by atoms with van der Waals surface area (Å²) in [5.41, 5.74) is 1.19. The number of hydrogen-bond acceptors (Lipinski definition) is 3. The van der Waals surface area contributed by atoms with E-state index in [-0.39, 0.29) is 22.8 Å². The van der Waals surface area contributed by atoms with Gasteiger partial charge < -0.3 is 0 Å². The third-order valence-corrected chi connectivity index (χ3v) is 5.55. The molecular weight excluding hydrogens is 358 g/mol. The fourth-order valence-electron chi connectivity index (χ4n) is 2.58. The van der Waals surface area contributed by atoms with Gasteiger partial charge in [0, 0.05) is 18.2 Å². The Bertz CT molecular complexity index is 1130. The van der Waals surface area contributed by atoms with E-state index < -0.39 is 10.0 Å². The van der Waals surface area contributed by atoms with Crippen LogP contribution in [0.1, 0.15) is 28.0 Å². The van der Waals surface area contributed by atoms with Crippen molar-refractivity contribution in [3.8, 4) is 11.8 Å². The molecule has 0 N–H and O–H groups in total. The summed E-state index contributed by atoms with van der Waals surface area (Å²) < 4.78 is 27.0. The van der Waals surface area contributed by atoms with Crippen molar-refractivity contribution < 1.29 is 13.2 Å². The predicted octanol–water partition coefficient (Wildman–Crippen LogP) is 3.88. The molecule has 5 heteroatoms. The smallest absolute Gasteiger partial charge is 0.268 e. The van der Waals surface area contributed by atoms with Crippen LogP contribution in [0, 0.1) is 11.8 Å². The SMILES string of the molecule is C=CCC(=O)c1c(C#Cc2ccccc2)ccn1S(=O)(=O)c1ccccc1. The summed E-state index contributed by atoms with van der Waals surface area (Å²) in [4.78, 5) is 12.7. The van der Waals surface area contributed by atoms with E-state index in [1.54, 1.807) is 24.3 Å². The second-order valence-corrected chi connectivity index (χ2v) is 7.54. The molecule has 0 unspecified atom stereocenters. The number of carbonyl (C=O) groups excluding carboxylic acids is 1. The maximum Gasteiger partial charge on any atom is 0.268 e. The highest BCUT2D eigenvalue weighted by Crippen LogP contribution is 2.21. The molecule has 0 saturated heterocycles. The van der Waals surface area contributed by atoms with Gasteiger partial charge in [0.05, 0.1) is 10.5 Å². The lowest BCUT2D eigenvalue weighted by atomic mass is 10.1. The van der Waals surface area contributed by atoms with Crippen molar-refractivity contribution in [1.82, 2.24) is 3.97 Å². The molecule has 0 aliphatic heterocycles. The van der Waals surface area contributed by atoms with Crippen molar-refractivity contribution in [1.29, 1.82) is 0 Å². The first-order valence-corrected chi connectivity index (χ1v) is 9.71. The summed E-state index contributed by atoms with van der Waals surface area (Å²) >= 11 is 0. The molecule has 0 aliphatic carbocycles. The van der Waals surface area contributed by atoms with Gasteiger partial charge in [0.15, 0.2) is 5.78 Å². The summed E-state index contributed by atoms with van der Waals surface area (Å²) in [6, 6.07) is 18.8. The zero-order chi connectivity index (χ0) is 19.3. The third kappa shape index (κ3) is 3.91. The van der Waals surface area contributed by atoms with Crippen LogP contribution in [0.5, 0.6) is 0 Å². The Hall–Kier alpha value is -3.36. The largest absolute Gasteiger partial charge is 0.292 e. The number of allylic oxidation sites excluding steroid dienone is 1. The lowest BCUT2D eigenvalue weighted by Crippen LogP contribution is -2.18. The first-order valence-electron chi connectivity index (χ1n) is 8.27. The van der Waals surface area contributed by atoms with Crippen LogP contribution in [-0.4, -0.2) is 18.2 Å². The summed E-state index contributed by atoms with van der Waals surface area (Å²) in [6.45, 7) is 3.57. The first kappa shape index (κ1) is 18.4. The lowest BCUT2D eigenvalue weighted by Gasteiger charge is -2.10. The molecule has 2 aromatic carbocycles. The standard InChI is InChI=1S/C22H17NO3S/c1-2-9-21(24)22-19(15-14-18-10-5-3-6-11-18)16-17-23(22)27(25,26)20-12-7-4-8-13-20/h2-8,10-13,16-17H,1,9H2. The maximum absolute atomic E-state index is 13.0. The van der Waals surface area contributed by atoms with Gasteiger partial charge in [-0.15, -0.1) is 6.58 Å². The monoisotopic (exact) mass is 375 g/mol. The van der Waals surface area contributed by atoms with Crippen LogP contribution in [0.25, 0.3) is 0 Å². The Morgan fingerprint density at radius 1 is 0.963 bits per heavy atom. The summed E-state index contributed by atoms with van der Waals surface area (Å²) in [6.07, 6.45) is 2.84. The van der Waals surface area contributed by atoms with Crippen LogP contribution in [0.2, 0.25) is 0 Å². The van der Waals surface area contributed by atoms with E-state index in [9.17, 15) is 13.2 Å². The fourth-order valence-corrected chi connectivity index (χ4v) is 3.97. The van der Waals surface area contributed by atoms with Crippen LogP contribution < -0.4 is 0 Å². The maximum atomic E-state index is 13.0. The van der Waals surface area contributed by atoms with Crippen molar-refractivity contribution in [3.05, 3.63) is 102 Å².